The first-order chi connectivity index (χ1) is 14.4. The van der Waals surface area contributed by atoms with Crippen molar-refractivity contribution in [1.29, 1.82) is 0 Å². The fourth-order valence-electron chi connectivity index (χ4n) is 2.82. The number of nitrogen functional groups attached to an aromatic ring is 1. The summed E-state index contributed by atoms with van der Waals surface area (Å²) in [7, 11) is 0. The van der Waals surface area contributed by atoms with E-state index in [2.05, 4.69) is 10.3 Å². The number of nitrogens with one attached hydrogen (secondary N) is 1. The lowest BCUT2D eigenvalue weighted by molar-refractivity contribution is 0.0934. The Bertz CT molecular complexity index is 1000. The molecule has 1 atom stereocenters. The summed E-state index contributed by atoms with van der Waals surface area (Å²) in [6.07, 6.45) is 10.1. The van der Waals surface area contributed by atoms with Crippen LogP contribution in [0.5, 0.6) is 0 Å². The van der Waals surface area contributed by atoms with Crippen LogP contribution in [0.25, 0.3) is 5.57 Å². The van der Waals surface area contributed by atoms with Crippen molar-refractivity contribution < 1.29 is 22.7 Å². The molecule has 0 radical (unpaired) electrons. The molecule has 158 valence electrons. The lowest BCUT2D eigenvalue weighted by Gasteiger charge is -2.14. The van der Waals surface area contributed by atoms with E-state index in [1.165, 1.54) is 6.26 Å². The minimum Gasteiger partial charge on any atom is -0.494 e. The molecule has 1 amide bonds. The predicted molar refractivity (Wildman–Crippen MR) is 109 cm³/mol. The molecule has 3 N–H and O–H groups in total. The number of rotatable bonds is 7. The number of nitrogens with two attached hydrogens (primary N) is 1. The van der Waals surface area contributed by atoms with E-state index in [0.29, 0.717) is 18.9 Å². The number of amides is 1. The molecule has 8 heteroatoms. The van der Waals surface area contributed by atoms with E-state index in [1.807, 2.05) is 31.2 Å². The first-order valence-electron chi connectivity index (χ1n) is 9.60. The van der Waals surface area contributed by atoms with Crippen LogP contribution in [0.1, 0.15) is 54.7 Å². The van der Waals surface area contributed by atoms with Crippen LogP contribution >= 0.6 is 0 Å². The van der Waals surface area contributed by atoms with Crippen LogP contribution in [0.15, 0.2) is 52.9 Å². The largest absolute Gasteiger partial charge is 0.494 e. The van der Waals surface area contributed by atoms with Gasteiger partial charge in [0.15, 0.2) is 5.69 Å². The second-order valence-corrected chi connectivity index (χ2v) is 6.84. The molecule has 2 aromatic rings. The van der Waals surface area contributed by atoms with Crippen molar-refractivity contribution in [3.63, 3.8) is 0 Å². The van der Waals surface area contributed by atoms with Crippen molar-refractivity contribution in [2.45, 2.75) is 32.7 Å². The summed E-state index contributed by atoms with van der Waals surface area (Å²) >= 11 is 0. The number of carbonyl (C=O) groups is 1. The third-order valence-electron chi connectivity index (χ3n) is 4.51. The number of halogens is 2. The van der Waals surface area contributed by atoms with Crippen LogP contribution in [0, 0.1) is 11.6 Å². The normalized spacial score (nSPS) is 14.5. The molecule has 30 heavy (non-hydrogen) atoms. The van der Waals surface area contributed by atoms with Crippen LogP contribution in [-0.2, 0) is 4.74 Å². The zero-order valence-electron chi connectivity index (χ0n) is 16.7. The van der Waals surface area contributed by atoms with E-state index in [1.54, 1.807) is 6.92 Å². The molecule has 0 bridgehead atoms. The van der Waals surface area contributed by atoms with Gasteiger partial charge in [-0.15, -0.1) is 0 Å². The number of allylic oxidation sites excluding steroid dienone is 5. The average molecular weight is 415 g/mol. The highest BCUT2D eigenvalue weighted by molar-refractivity contribution is 5.92. The van der Waals surface area contributed by atoms with E-state index in [-0.39, 0.29) is 11.3 Å². The van der Waals surface area contributed by atoms with Gasteiger partial charge in [0.05, 0.1) is 12.6 Å². The average Bonchev–Trinajstić information content (AvgIpc) is 3.10. The minimum absolute atomic E-state index is 0.0637. The van der Waals surface area contributed by atoms with Gasteiger partial charge in [-0.2, -0.15) is 0 Å². The molecule has 0 saturated heterocycles. The van der Waals surface area contributed by atoms with Gasteiger partial charge in [0.1, 0.15) is 29.3 Å². The summed E-state index contributed by atoms with van der Waals surface area (Å²) in [4.78, 5) is 16.7. The fourth-order valence-corrected chi connectivity index (χ4v) is 2.82. The summed E-state index contributed by atoms with van der Waals surface area (Å²) < 4.78 is 38.4. The van der Waals surface area contributed by atoms with Crippen LogP contribution in [0.4, 0.5) is 14.5 Å². The van der Waals surface area contributed by atoms with Crippen LogP contribution in [0.2, 0.25) is 0 Å². The molecule has 1 aliphatic rings. The molecule has 0 fully saturated rings. The van der Waals surface area contributed by atoms with Gasteiger partial charge in [0.25, 0.3) is 5.91 Å². The first-order valence-corrected chi connectivity index (χ1v) is 9.60. The molecule has 3 rings (SSSR count). The zero-order valence-corrected chi connectivity index (χ0v) is 16.7. The second kappa shape index (κ2) is 9.39. The number of nitrogens with zero attached hydrogens (tertiary/aromatic N) is 1. The Morgan fingerprint density at radius 3 is 2.80 bits per heavy atom. The maximum atomic E-state index is 13.7. The molecule has 6 nitrogen and oxygen atoms in total. The third kappa shape index (κ3) is 4.94. The molecule has 1 heterocycles. The van der Waals surface area contributed by atoms with E-state index < -0.39 is 29.3 Å². The quantitative estimate of drug-likeness (QED) is 0.641. The van der Waals surface area contributed by atoms with E-state index in [0.717, 1.165) is 29.9 Å². The number of anilines is 1. The van der Waals surface area contributed by atoms with Crippen LogP contribution in [-0.4, -0.2) is 17.5 Å². The van der Waals surface area contributed by atoms with Gasteiger partial charge in [0.2, 0.25) is 5.89 Å². The number of benzene rings is 1. The van der Waals surface area contributed by atoms with Crippen molar-refractivity contribution in [3.8, 4) is 0 Å². The van der Waals surface area contributed by atoms with Gasteiger partial charge in [0, 0.05) is 5.57 Å². The summed E-state index contributed by atoms with van der Waals surface area (Å²) in [5.41, 5.74) is 5.82. The molecule has 0 aliphatic heterocycles. The standard InChI is InChI=1S/C22H23F2N3O3/c1-3-9-29-16-6-4-5-14(7-8-16)22-27-19(12-30-22)21(28)26-13(2)15-10-17(23)20(25)18(24)11-15/h4-6,8,10-13H,3,7,9,25H2,1-2H3,(H,26,28). The van der Waals surface area contributed by atoms with Gasteiger partial charge < -0.3 is 20.2 Å². The molecule has 0 saturated carbocycles. The molecule has 1 aliphatic carbocycles. The Morgan fingerprint density at radius 1 is 1.37 bits per heavy atom. The number of hydrogen-bond acceptors (Lipinski definition) is 5. The number of ether oxygens (including phenoxy) is 1. The summed E-state index contributed by atoms with van der Waals surface area (Å²) in [6, 6.07) is 1.51. The topological polar surface area (TPSA) is 90.4 Å². The van der Waals surface area contributed by atoms with Crippen molar-refractivity contribution in [3.05, 3.63) is 77.2 Å². The predicted octanol–water partition coefficient (Wildman–Crippen LogP) is 4.68. The van der Waals surface area contributed by atoms with Crippen LogP contribution in [0.3, 0.4) is 0 Å². The zero-order chi connectivity index (χ0) is 21.7. The number of oxazole rings is 1. The highest BCUT2D eigenvalue weighted by atomic mass is 19.1. The highest BCUT2D eigenvalue weighted by Gasteiger charge is 2.19. The summed E-state index contributed by atoms with van der Waals surface area (Å²) in [6.45, 7) is 4.27. The maximum Gasteiger partial charge on any atom is 0.273 e. The number of aromatic nitrogens is 1. The monoisotopic (exact) mass is 415 g/mol. The van der Waals surface area contributed by atoms with Gasteiger partial charge >= 0.3 is 0 Å². The van der Waals surface area contributed by atoms with Crippen LogP contribution < -0.4 is 11.1 Å². The van der Waals surface area contributed by atoms with Gasteiger partial charge in [-0.3, -0.25) is 4.79 Å². The Kier molecular flexibility index (Phi) is 6.66. The number of carbonyl (C=O) groups excluding carboxylic acids is 1. The van der Waals surface area contributed by atoms with Gasteiger partial charge in [-0.05, 0) is 49.6 Å². The van der Waals surface area contributed by atoms with Gasteiger partial charge in [-0.1, -0.05) is 19.1 Å². The van der Waals surface area contributed by atoms with Crippen molar-refractivity contribution in [2.24, 2.45) is 0 Å². The molecule has 0 spiro atoms. The first kappa shape index (κ1) is 21.3. The Hall–Kier alpha value is -3.42. The second-order valence-electron chi connectivity index (χ2n) is 6.84. The lowest BCUT2D eigenvalue weighted by Crippen LogP contribution is -2.27. The molecular weight excluding hydrogens is 392 g/mol. The van der Waals surface area contributed by atoms with Crippen molar-refractivity contribution >= 4 is 17.2 Å². The maximum absolute atomic E-state index is 13.7. The fraction of sp³-hybridized carbons (Fsp3) is 0.273. The molecule has 1 aromatic heterocycles. The number of hydrogen-bond donors (Lipinski definition) is 2. The molecule has 1 unspecified atom stereocenters. The third-order valence-corrected chi connectivity index (χ3v) is 4.51. The smallest absolute Gasteiger partial charge is 0.273 e. The van der Waals surface area contributed by atoms with Crippen molar-refractivity contribution in [1.82, 2.24) is 10.3 Å². The molecular formula is C22H23F2N3O3. The Balaban J connectivity index is 1.67. The Labute approximate surface area is 173 Å². The molecule has 1 aromatic carbocycles. The SMILES string of the molecule is CCCOC1=CCC(c2nc(C(=O)NC(C)c3cc(F)c(N)c(F)c3)co2)=CC=C1. The van der Waals surface area contributed by atoms with E-state index in [4.69, 9.17) is 14.9 Å². The van der Waals surface area contributed by atoms with Crippen molar-refractivity contribution in [2.75, 3.05) is 12.3 Å². The lowest BCUT2D eigenvalue weighted by atomic mass is 10.1. The van der Waals surface area contributed by atoms with Gasteiger partial charge in [-0.25, -0.2) is 13.8 Å². The summed E-state index contributed by atoms with van der Waals surface area (Å²) in [5, 5.41) is 2.64. The van der Waals surface area contributed by atoms with E-state index >= 15 is 0 Å². The van der Waals surface area contributed by atoms with E-state index in [9.17, 15) is 13.6 Å². The highest BCUT2D eigenvalue weighted by Crippen LogP contribution is 2.24. The Morgan fingerprint density at radius 2 is 2.10 bits per heavy atom. The summed E-state index contributed by atoms with van der Waals surface area (Å²) in [5.74, 6) is -1.20. The minimum atomic E-state index is -0.876.